The monoisotopic (exact) mass is 377 g/mol. The molecule has 6 nitrogen and oxygen atoms in total. The van der Waals surface area contributed by atoms with E-state index in [9.17, 15) is 14.4 Å². The Kier molecular flexibility index (Phi) is 5.74. The Morgan fingerprint density at radius 1 is 1.32 bits per heavy atom. The number of carboxylic acid groups (broad SMARTS) is 1. The van der Waals surface area contributed by atoms with Gasteiger partial charge in [0.25, 0.3) is 0 Å². The number of benzene rings is 1. The third-order valence-corrected chi connectivity index (χ3v) is 2.94. The standard InChI is InChI=1S/C12H12INO5/c1-19-11(16)5-4-10(15)14-9-6-7(13)2-3-8(9)12(17)18/h2-3,6H,4-5H2,1H3,(H,14,15)(H,17,18). The van der Waals surface area contributed by atoms with Crippen molar-refractivity contribution in [2.75, 3.05) is 12.4 Å². The molecule has 0 spiro atoms. The van der Waals surface area contributed by atoms with Crippen molar-refractivity contribution in [1.82, 2.24) is 0 Å². The highest BCUT2D eigenvalue weighted by atomic mass is 127. The molecule has 2 N–H and O–H groups in total. The van der Waals surface area contributed by atoms with Crippen molar-refractivity contribution in [1.29, 1.82) is 0 Å². The van der Waals surface area contributed by atoms with E-state index in [1.165, 1.54) is 13.2 Å². The molecule has 0 unspecified atom stereocenters. The molecule has 0 heterocycles. The first-order valence-electron chi connectivity index (χ1n) is 5.33. The summed E-state index contributed by atoms with van der Waals surface area (Å²) in [6.07, 6.45) is -0.105. The minimum absolute atomic E-state index is 0.00633. The number of methoxy groups -OCH3 is 1. The molecule has 0 aliphatic carbocycles. The van der Waals surface area contributed by atoms with Gasteiger partial charge in [0.2, 0.25) is 5.91 Å². The molecule has 1 rings (SSSR count). The summed E-state index contributed by atoms with van der Waals surface area (Å²) in [7, 11) is 1.24. The van der Waals surface area contributed by atoms with Crippen molar-refractivity contribution >= 4 is 46.1 Å². The van der Waals surface area contributed by atoms with Crippen molar-refractivity contribution in [2.45, 2.75) is 12.8 Å². The lowest BCUT2D eigenvalue weighted by molar-refractivity contribution is -0.141. The van der Waals surface area contributed by atoms with E-state index in [2.05, 4.69) is 10.1 Å². The van der Waals surface area contributed by atoms with E-state index in [-0.39, 0.29) is 24.1 Å². The summed E-state index contributed by atoms with van der Waals surface area (Å²) < 4.78 is 5.21. The molecule has 1 aromatic carbocycles. The number of carbonyl (C=O) groups is 3. The molecule has 0 saturated carbocycles. The van der Waals surface area contributed by atoms with Crippen LogP contribution in [0.25, 0.3) is 0 Å². The van der Waals surface area contributed by atoms with Gasteiger partial charge in [-0.1, -0.05) is 0 Å². The normalized spacial score (nSPS) is 9.79. The third kappa shape index (κ3) is 4.86. The Hall–Kier alpha value is -1.64. The zero-order valence-electron chi connectivity index (χ0n) is 10.1. The fourth-order valence-electron chi connectivity index (χ4n) is 1.34. The molecular weight excluding hydrogens is 365 g/mol. The molecule has 1 aromatic rings. The van der Waals surface area contributed by atoms with Gasteiger partial charge < -0.3 is 15.2 Å². The molecular formula is C12H12INO5. The Bertz CT molecular complexity index is 515. The lowest BCUT2D eigenvalue weighted by Crippen LogP contribution is -2.16. The lowest BCUT2D eigenvalue weighted by atomic mass is 10.1. The fraction of sp³-hybridized carbons (Fsp3) is 0.250. The molecule has 102 valence electrons. The average molecular weight is 377 g/mol. The number of anilines is 1. The van der Waals surface area contributed by atoms with Crippen LogP contribution in [0.4, 0.5) is 5.69 Å². The molecule has 0 saturated heterocycles. The highest BCUT2D eigenvalue weighted by molar-refractivity contribution is 14.1. The summed E-state index contributed by atoms with van der Waals surface area (Å²) >= 11 is 2.01. The van der Waals surface area contributed by atoms with Gasteiger partial charge in [-0.25, -0.2) is 4.79 Å². The van der Waals surface area contributed by atoms with Gasteiger partial charge >= 0.3 is 11.9 Å². The number of esters is 1. The first-order valence-corrected chi connectivity index (χ1v) is 6.41. The Balaban J connectivity index is 2.75. The van der Waals surface area contributed by atoms with Crippen LogP contribution < -0.4 is 5.32 Å². The van der Waals surface area contributed by atoms with Crippen LogP contribution in [-0.4, -0.2) is 30.1 Å². The molecule has 0 radical (unpaired) electrons. The molecule has 0 aliphatic heterocycles. The van der Waals surface area contributed by atoms with Crippen LogP contribution >= 0.6 is 22.6 Å². The van der Waals surface area contributed by atoms with Crippen LogP contribution in [0.3, 0.4) is 0 Å². The van der Waals surface area contributed by atoms with Crippen LogP contribution in [0.15, 0.2) is 18.2 Å². The first-order chi connectivity index (χ1) is 8.93. The summed E-state index contributed by atoms with van der Waals surface area (Å²) in [5, 5.41) is 11.5. The van der Waals surface area contributed by atoms with Crippen molar-refractivity contribution in [3.63, 3.8) is 0 Å². The molecule has 19 heavy (non-hydrogen) atoms. The Morgan fingerprint density at radius 3 is 2.58 bits per heavy atom. The maximum Gasteiger partial charge on any atom is 0.337 e. The maximum absolute atomic E-state index is 11.6. The zero-order chi connectivity index (χ0) is 14.4. The Labute approximate surface area is 123 Å². The topological polar surface area (TPSA) is 92.7 Å². The number of carboxylic acids is 1. The number of carbonyl (C=O) groups excluding carboxylic acids is 2. The van der Waals surface area contributed by atoms with Gasteiger partial charge in [-0.2, -0.15) is 0 Å². The lowest BCUT2D eigenvalue weighted by Gasteiger charge is -2.08. The van der Waals surface area contributed by atoms with Crippen molar-refractivity contribution < 1.29 is 24.2 Å². The van der Waals surface area contributed by atoms with E-state index in [0.717, 1.165) is 3.57 Å². The predicted octanol–water partition coefficient (Wildman–Crippen LogP) is 1.88. The average Bonchev–Trinajstić information content (AvgIpc) is 2.35. The van der Waals surface area contributed by atoms with Crippen molar-refractivity contribution in [3.8, 4) is 0 Å². The first kappa shape index (κ1) is 15.4. The molecule has 0 fully saturated rings. The number of ether oxygens (including phenoxy) is 1. The number of amides is 1. The van der Waals surface area contributed by atoms with E-state index < -0.39 is 17.8 Å². The molecule has 7 heteroatoms. The molecule has 0 atom stereocenters. The highest BCUT2D eigenvalue weighted by Crippen LogP contribution is 2.19. The molecule has 0 aromatic heterocycles. The summed E-state index contributed by atoms with van der Waals surface area (Å²) in [6, 6.07) is 4.61. The van der Waals surface area contributed by atoms with Gasteiger partial charge in [-0.15, -0.1) is 0 Å². The van der Waals surface area contributed by atoms with Gasteiger partial charge in [0.1, 0.15) is 0 Å². The molecule has 0 aliphatic rings. The second-order valence-electron chi connectivity index (χ2n) is 3.62. The number of hydrogen-bond donors (Lipinski definition) is 2. The highest BCUT2D eigenvalue weighted by Gasteiger charge is 2.13. The maximum atomic E-state index is 11.6. The van der Waals surface area contributed by atoms with Crippen LogP contribution in [0.2, 0.25) is 0 Å². The van der Waals surface area contributed by atoms with Crippen LogP contribution in [0.5, 0.6) is 0 Å². The number of rotatable bonds is 5. The van der Waals surface area contributed by atoms with Crippen LogP contribution in [0.1, 0.15) is 23.2 Å². The number of halogens is 1. The smallest absolute Gasteiger partial charge is 0.337 e. The second-order valence-corrected chi connectivity index (χ2v) is 4.86. The zero-order valence-corrected chi connectivity index (χ0v) is 12.3. The summed E-state index contributed by atoms with van der Waals surface area (Å²) in [5.74, 6) is -2.05. The van der Waals surface area contributed by atoms with E-state index in [4.69, 9.17) is 5.11 Å². The number of aromatic carboxylic acids is 1. The minimum atomic E-state index is -1.13. The number of hydrogen-bond acceptors (Lipinski definition) is 4. The van der Waals surface area contributed by atoms with Crippen molar-refractivity contribution in [2.24, 2.45) is 0 Å². The summed E-state index contributed by atoms with van der Waals surface area (Å²) in [4.78, 5) is 33.5. The third-order valence-electron chi connectivity index (χ3n) is 2.27. The van der Waals surface area contributed by atoms with E-state index >= 15 is 0 Å². The second kappa shape index (κ2) is 7.07. The minimum Gasteiger partial charge on any atom is -0.478 e. The molecule has 0 bridgehead atoms. The van der Waals surface area contributed by atoms with Crippen LogP contribution in [0, 0.1) is 3.57 Å². The van der Waals surface area contributed by atoms with Gasteiger partial charge in [-0.05, 0) is 40.8 Å². The summed E-state index contributed by atoms with van der Waals surface area (Å²) in [6.45, 7) is 0. The molecule has 1 amide bonds. The van der Waals surface area contributed by atoms with Gasteiger partial charge in [0.05, 0.1) is 24.8 Å². The SMILES string of the molecule is COC(=O)CCC(=O)Nc1cc(I)ccc1C(=O)O. The van der Waals surface area contributed by atoms with Crippen LogP contribution in [-0.2, 0) is 14.3 Å². The van der Waals surface area contributed by atoms with Crippen molar-refractivity contribution in [3.05, 3.63) is 27.3 Å². The Morgan fingerprint density at radius 2 is 2.00 bits per heavy atom. The van der Waals surface area contributed by atoms with Gasteiger partial charge in [0, 0.05) is 9.99 Å². The fourth-order valence-corrected chi connectivity index (χ4v) is 1.83. The van der Waals surface area contributed by atoms with E-state index in [1.54, 1.807) is 12.1 Å². The van der Waals surface area contributed by atoms with Gasteiger partial charge in [0.15, 0.2) is 0 Å². The number of nitrogens with one attached hydrogen (secondary N) is 1. The quantitative estimate of drug-likeness (QED) is 0.604. The summed E-state index contributed by atoms with van der Waals surface area (Å²) in [5.41, 5.74) is 0.223. The predicted molar refractivity (Wildman–Crippen MR) is 76.0 cm³/mol. The largest absolute Gasteiger partial charge is 0.478 e. The van der Waals surface area contributed by atoms with Gasteiger partial charge in [-0.3, -0.25) is 9.59 Å². The van der Waals surface area contributed by atoms with E-state index in [0.29, 0.717) is 0 Å². The van der Waals surface area contributed by atoms with E-state index in [1.807, 2.05) is 22.6 Å².